The summed E-state index contributed by atoms with van der Waals surface area (Å²) in [6.45, 7) is 7.31. The number of rotatable bonds is 6. The molecule has 4 aliphatic rings. The van der Waals surface area contributed by atoms with E-state index in [1.165, 1.54) is 52.1 Å². The zero-order valence-corrected chi connectivity index (χ0v) is 22.7. The Kier molecular flexibility index (Phi) is 5.79. The van der Waals surface area contributed by atoms with E-state index in [9.17, 15) is 0 Å². The molecule has 0 atom stereocenters. The highest BCUT2D eigenvalue weighted by Crippen LogP contribution is 2.55. The molecule has 3 N–H and O–H groups in total. The molecular weight excluding hydrogens is 500 g/mol. The van der Waals surface area contributed by atoms with Crippen molar-refractivity contribution in [3.8, 4) is 22.8 Å². The van der Waals surface area contributed by atoms with Crippen LogP contribution in [0.5, 0.6) is 11.5 Å². The van der Waals surface area contributed by atoms with E-state index in [1.807, 2.05) is 54.6 Å². The van der Waals surface area contributed by atoms with Gasteiger partial charge in [-0.3, -0.25) is 9.80 Å². The third-order valence-electron chi connectivity index (χ3n) is 9.85. The average Bonchev–Trinajstić information content (AvgIpc) is 3.30. The molecule has 206 valence electrons. The van der Waals surface area contributed by atoms with E-state index >= 15 is 0 Å². The molecule has 1 aliphatic carbocycles. The van der Waals surface area contributed by atoms with Crippen LogP contribution in [0.3, 0.4) is 0 Å². The number of para-hydroxylation sites is 1. The first-order valence-electron chi connectivity index (χ1n) is 14.7. The van der Waals surface area contributed by atoms with Crippen molar-refractivity contribution in [2.75, 3.05) is 45.0 Å². The lowest BCUT2D eigenvalue weighted by molar-refractivity contribution is -0.0625. The van der Waals surface area contributed by atoms with E-state index in [0.29, 0.717) is 17.3 Å². The fourth-order valence-corrected chi connectivity index (χ4v) is 7.19. The van der Waals surface area contributed by atoms with Gasteiger partial charge in [-0.25, -0.2) is 14.6 Å². The van der Waals surface area contributed by atoms with Gasteiger partial charge in [-0.2, -0.15) is 5.10 Å². The molecule has 4 fully saturated rings. The molecule has 3 aliphatic heterocycles. The smallest absolute Gasteiger partial charge is 0.164 e. The molecule has 0 radical (unpaired) electrons. The summed E-state index contributed by atoms with van der Waals surface area (Å²) in [7, 11) is 0. The number of nitrogen functional groups attached to an aromatic ring is 1. The highest BCUT2D eigenvalue weighted by Gasteiger charge is 2.49. The van der Waals surface area contributed by atoms with Crippen molar-refractivity contribution in [1.82, 2.24) is 34.9 Å². The maximum Gasteiger partial charge on any atom is 0.164 e. The number of hydrogen-bond acceptors (Lipinski definition) is 8. The molecular formula is C31H36N8O. The predicted octanol–water partition coefficient (Wildman–Crippen LogP) is 3.94. The normalized spacial score (nSPS) is 22.2. The van der Waals surface area contributed by atoms with E-state index in [2.05, 4.69) is 29.8 Å². The van der Waals surface area contributed by atoms with Gasteiger partial charge in [0.05, 0.1) is 11.4 Å². The van der Waals surface area contributed by atoms with Crippen LogP contribution in [-0.4, -0.2) is 80.9 Å². The minimum atomic E-state index is 0.350. The molecule has 2 aromatic carbocycles. The third-order valence-corrected chi connectivity index (χ3v) is 9.85. The number of nitrogens with two attached hydrogens (primary N) is 1. The standard InChI is InChI=1S/C31H36N8O/c32-29-27-28(21-6-8-26(9-7-21)40-25-4-2-1-3-5-25)36-39(30(27)35-20-34-29)22-14-31(15-22)10-12-37(13-11-31)24-18-38(19-24)23-16-33-17-23/h1-9,20,22-24,33H,10-19H2,(H2,32,34,35). The maximum atomic E-state index is 6.40. The van der Waals surface area contributed by atoms with Gasteiger partial charge >= 0.3 is 0 Å². The molecule has 0 amide bonds. The highest BCUT2D eigenvalue weighted by molar-refractivity contribution is 5.98. The van der Waals surface area contributed by atoms with Crippen molar-refractivity contribution in [2.24, 2.45) is 5.41 Å². The van der Waals surface area contributed by atoms with E-state index < -0.39 is 0 Å². The number of fused-ring (bicyclic) bond motifs is 1. The Labute approximate surface area is 234 Å². The van der Waals surface area contributed by atoms with E-state index in [0.717, 1.165) is 58.7 Å². The van der Waals surface area contributed by atoms with E-state index in [4.69, 9.17) is 15.6 Å². The number of aromatic nitrogens is 4. The second-order valence-electron chi connectivity index (χ2n) is 12.2. The molecule has 40 heavy (non-hydrogen) atoms. The van der Waals surface area contributed by atoms with Gasteiger partial charge in [0.15, 0.2) is 5.65 Å². The van der Waals surface area contributed by atoms with Crippen molar-refractivity contribution in [2.45, 2.75) is 43.8 Å². The predicted molar refractivity (Wildman–Crippen MR) is 155 cm³/mol. The first-order chi connectivity index (χ1) is 19.6. The molecule has 4 aromatic rings. The molecule has 8 rings (SSSR count). The third kappa shape index (κ3) is 4.15. The van der Waals surface area contributed by atoms with Crippen LogP contribution in [0.2, 0.25) is 0 Å². The second-order valence-corrected chi connectivity index (χ2v) is 12.2. The zero-order valence-electron chi connectivity index (χ0n) is 22.7. The quantitative estimate of drug-likeness (QED) is 0.383. The highest BCUT2D eigenvalue weighted by atomic mass is 16.5. The van der Waals surface area contributed by atoms with Crippen LogP contribution in [0.15, 0.2) is 60.9 Å². The number of nitrogens with zero attached hydrogens (tertiary/aromatic N) is 6. The van der Waals surface area contributed by atoms with Crippen LogP contribution in [0.25, 0.3) is 22.3 Å². The molecule has 0 unspecified atom stereocenters. The number of benzene rings is 2. The molecule has 9 heteroatoms. The lowest BCUT2D eigenvalue weighted by Gasteiger charge is -2.56. The minimum Gasteiger partial charge on any atom is -0.457 e. The van der Waals surface area contributed by atoms with Gasteiger partial charge in [0.2, 0.25) is 0 Å². The second kappa shape index (κ2) is 9.54. The van der Waals surface area contributed by atoms with Gasteiger partial charge in [-0.05, 0) is 80.6 Å². The average molecular weight is 537 g/mol. The zero-order chi connectivity index (χ0) is 26.7. The first kappa shape index (κ1) is 24.3. The summed E-state index contributed by atoms with van der Waals surface area (Å²) in [6, 6.07) is 19.7. The SMILES string of the molecule is Nc1ncnc2c1c(-c1ccc(Oc3ccccc3)cc1)nn2C1CC2(CCN(C3CN(C4CNC4)C3)CC2)C1. The Hall–Kier alpha value is -3.53. The van der Waals surface area contributed by atoms with Crippen LogP contribution in [0, 0.1) is 5.41 Å². The van der Waals surface area contributed by atoms with Crippen molar-refractivity contribution in [3.63, 3.8) is 0 Å². The van der Waals surface area contributed by atoms with Crippen LogP contribution in [-0.2, 0) is 0 Å². The van der Waals surface area contributed by atoms with Crippen LogP contribution in [0.4, 0.5) is 5.82 Å². The van der Waals surface area contributed by atoms with Crippen molar-refractivity contribution in [3.05, 3.63) is 60.9 Å². The summed E-state index contributed by atoms with van der Waals surface area (Å²) < 4.78 is 8.12. The largest absolute Gasteiger partial charge is 0.457 e. The van der Waals surface area contributed by atoms with E-state index in [-0.39, 0.29) is 0 Å². The monoisotopic (exact) mass is 536 g/mol. The van der Waals surface area contributed by atoms with Gasteiger partial charge in [0.25, 0.3) is 0 Å². The molecule has 1 saturated carbocycles. The Balaban J connectivity index is 0.963. The Bertz CT molecular complexity index is 1490. The molecule has 1 spiro atoms. The summed E-state index contributed by atoms with van der Waals surface area (Å²) in [4.78, 5) is 14.4. The number of ether oxygens (including phenoxy) is 1. The Morgan fingerprint density at radius 2 is 1.55 bits per heavy atom. The lowest BCUT2D eigenvalue weighted by Crippen LogP contribution is -2.69. The fraction of sp³-hybridized carbons (Fsp3) is 0.452. The summed E-state index contributed by atoms with van der Waals surface area (Å²) >= 11 is 0. The Morgan fingerprint density at radius 3 is 2.25 bits per heavy atom. The van der Waals surface area contributed by atoms with Gasteiger partial charge in [0, 0.05) is 43.8 Å². The van der Waals surface area contributed by atoms with Crippen molar-refractivity contribution >= 4 is 16.9 Å². The number of likely N-dealkylation sites (tertiary alicyclic amines) is 2. The van der Waals surface area contributed by atoms with Gasteiger partial charge in [-0.1, -0.05) is 18.2 Å². The van der Waals surface area contributed by atoms with Gasteiger partial charge in [-0.15, -0.1) is 0 Å². The summed E-state index contributed by atoms with van der Waals surface area (Å²) in [5, 5.41) is 9.35. The van der Waals surface area contributed by atoms with Crippen LogP contribution in [0.1, 0.15) is 31.7 Å². The molecule has 0 bridgehead atoms. The topological polar surface area (TPSA) is 97.4 Å². The Morgan fingerprint density at radius 1 is 0.825 bits per heavy atom. The van der Waals surface area contributed by atoms with Crippen LogP contribution >= 0.6 is 0 Å². The van der Waals surface area contributed by atoms with Gasteiger partial charge < -0.3 is 15.8 Å². The fourth-order valence-electron chi connectivity index (χ4n) is 7.19. The maximum absolute atomic E-state index is 6.40. The summed E-state index contributed by atoms with van der Waals surface area (Å²) in [5.74, 6) is 2.07. The molecule has 2 aromatic heterocycles. The summed E-state index contributed by atoms with van der Waals surface area (Å²) in [6.07, 6.45) is 6.46. The summed E-state index contributed by atoms with van der Waals surface area (Å²) in [5.41, 5.74) is 9.50. The minimum absolute atomic E-state index is 0.350. The number of nitrogens with one attached hydrogen (secondary N) is 1. The van der Waals surface area contributed by atoms with Crippen LogP contribution < -0.4 is 15.8 Å². The van der Waals surface area contributed by atoms with Crippen molar-refractivity contribution < 1.29 is 4.74 Å². The lowest BCUT2D eigenvalue weighted by atomic mass is 9.60. The molecule has 9 nitrogen and oxygen atoms in total. The molecule has 3 saturated heterocycles. The number of piperidine rings is 1. The van der Waals surface area contributed by atoms with Gasteiger partial charge in [0.1, 0.15) is 29.3 Å². The van der Waals surface area contributed by atoms with E-state index in [1.54, 1.807) is 6.33 Å². The molecule has 5 heterocycles. The first-order valence-corrected chi connectivity index (χ1v) is 14.7. The van der Waals surface area contributed by atoms with Crippen molar-refractivity contribution in [1.29, 1.82) is 0 Å². The number of hydrogen-bond donors (Lipinski definition) is 2. The number of anilines is 1.